The maximum absolute atomic E-state index is 2.48. The predicted molar refractivity (Wildman–Crippen MR) is 106 cm³/mol. The average Bonchev–Trinajstić information content (AvgIpc) is 2.64. The van der Waals surface area contributed by atoms with Gasteiger partial charge in [0.2, 0.25) is 0 Å². The van der Waals surface area contributed by atoms with Gasteiger partial charge in [0.15, 0.2) is 0 Å². The third-order valence-corrected chi connectivity index (χ3v) is 4.80. The maximum Gasteiger partial charge on any atom is -0.0185 e. The fraction of sp³-hybridized carbons (Fsp3) is 0.417. The van der Waals surface area contributed by atoms with Crippen LogP contribution < -0.4 is 0 Å². The normalized spacial score (nSPS) is 13.9. The summed E-state index contributed by atoms with van der Waals surface area (Å²) < 4.78 is 0. The Morgan fingerprint density at radius 2 is 1.58 bits per heavy atom. The highest BCUT2D eigenvalue weighted by molar-refractivity contribution is 5.19. The van der Waals surface area contributed by atoms with Gasteiger partial charge in [0.1, 0.15) is 0 Å². The smallest absolute Gasteiger partial charge is 0.0185 e. The zero-order valence-electron chi connectivity index (χ0n) is 15.3. The van der Waals surface area contributed by atoms with Crippen LogP contribution in [-0.4, -0.2) is 0 Å². The summed E-state index contributed by atoms with van der Waals surface area (Å²) in [5, 5.41) is 0. The van der Waals surface area contributed by atoms with Gasteiger partial charge in [-0.25, -0.2) is 0 Å². The van der Waals surface area contributed by atoms with Gasteiger partial charge >= 0.3 is 0 Å². The Balaban J connectivity index is 1.86. The van der Waals surface area contributed by atoms with Crippen LogP contribution in [0.4, 0.5) is 0 Å². The van der Waals surface area contributed by atoms with Crippen molar-refractivity contribution in [3.8, 4) is 0 Å². The lowest BCUT2D eigenvalue weighted by atomic mass is 9.87. The number of rotatable bonds is 10. The van der Waals surface area contributed by atoms with Gasteiger partial charge in [0.05, 0.1) is 0 Å². The Morgan fingerprint density at radius 3 is 2.25 bits per heavy atom. The molecule has 2 rings (SSSR count). The highest BCUT2D eigenvalue weighted by Gasteiger charge is 2.11. The standard InChI is InChI=1S/C24H32/c1-3-4-13-23(20-21(2)24-18-9-6-10-19-24)17-12-11-16-22-14-7-5-8-15-22/h5-10,12,14-15,17-19,21,23H,3-4,11,13,16,20H2,1-2H3/b17-12+. The number of hydrogen-bond donors (Lipinski definition) is 0. The summed E-state index contributed by atoms with van der Waals surface area (Å²) in [5.74, 6) is 1.34. The number of aryl methyl sites for hydroxylation is 1. The summed E-state index contributed by atoms with van der Waals surface area (Å²) in [4.78, 5) is 0. The Hall–Kier alpha value is -1.82. The SMILES string of the molecule is CCCCC(/C=C/CCc1ccccc1)CC(C)c1ccccc1. The number of benzene rings is 2. The topological polar surface area (TPSA) is 0 Å². The molecule has 0 aromatic heterocycles. The van der Waals surface area contributed by atoms with Gasteiger partial charge in [0.25, 0.3) is 0 Å². The first-order valence-electron chi connectivity index (χ1n) is 9.55. The Labute approximate surface area is 148 Å². The van der Waals surface area contributed by atoms with E-state index in [1.807, 2.05) is 0 Å². The van der Waals surface area contributed by atoms with Gasteiger partial charge in [-0.3, -0.25) is 0 Å². The third kappa shape index (κ3) is 6.74. The van der Waals surface area contributed by atoms with Gasteiger partial charge < -0.3 is 0 Å². The van der Waals surface area contributed by atoms with Crippen LogP contribution in [0, 0.1) is 5.92 Å². The molecule has 0 fully saturated rings. The second-order valence-corrected chi connectivity index (χ2v) is 6.90. The summed E-state index contributed by atoms with van der Waals surface area (Å²) in [6, 6.07) is 21.7. The largest absolute Gasteiger partial charge is 0.0879 e. The van der Waals surface area contributed by atoms with Crippen molar-refractivity contribution in [3.63, 3.8) is 0 Å². The molecule has 0 nitrogen and oxygen atoms in total. The first kappa shape index (κ1) is 18.5. The van der Waals surface area contributed by atoms with E-state index in [0.29, 0.717) is 11.8 Å². The van der Waals surface area contributed by atoms with E-state index in [9.17, 15) is 0 Å². The van der Waals surface area contributed by atoms with Crippen LogP contribution in [0.15, 0.2) is 72.8 Å². The molecule has 0 N–H and O–H groups in total. The maximum atomic E-state index is 2.48. The summed E-state index contributed by atoms with van der Waals surface area (Å²) in [6.45, 7) is 4.66. The zero-order chi connectivity index (χ0) is 17.0. The molecule has 0 heterocycles. The fourth-order valence-electron chi connectivity index (χ4n) is 3.31. The molecular weight excluding hydrogens is 288 g/mol. The fourth-order valence-corrected chi connectivity index (χ4v) is 3.31. The summed E-state index contributed by atoms with van der Waals surface area (Å²) in [5.41, 5.74) is 2.90. The van der Waals surface area contributed by atoms with E-state index in [4.69, 9.17) is 0 Å². The van der Waals surface area contributed by atoms with Crippen LogP contribution in [0.25, 0.3) is 0 Å². The highest BCUT2D eigenvalue weighted by Crippen LogP contribution is 2.27. The van der Waals surface area contributed by atoms with E-state index in [1.165, 1.54) is 36.8 Å². The lowest BCUT2D eigenvalue weighted by Gasteiger charge is -2.18. The van der Waals surface area contributed by atoms with Crippen LogP contribution in [0.5, 0.6) is 0 Å². The van der Waals surface area contributed by atoms with Crippen LogP contribution in [0.2, 0.25) is 0 Å². The number of hydrogen-bond acceptors (Lipinski definition) is 0. The molecule has 0 amide bonds. The molecule has 2 unspecified atom stereocenters. The van der Waals surface area contributed by atoms with Gasteiger partial charge in [-0.05, 0) is 48.6 Å². The lowest BCUT2D eigenvalue weighted by molar-refractivity contribution is 0.478. The molecule has 0 aliphatic carbocycles. The molecule has 0 saturated carbocycles. The van der Waals surface area contributed by atoms with E-state index >= 15 is 0 Å². The van der Waals surface area contributed by atoms with Crippen molar-refractivity contribution in [2.75, 3.05) is 0 Å². The molecule has 2 aromatic rings. The molecule has 0 spiro atoms. The summed E-state index contributed by atoms with van der Waals surface area (Å²) >= 11 is 0. The summed E-state index contributed by atoms with van der Waals surface area (Å²) in [6.07, 6.45) is 12.4. The first-order chi connectivity index (χ1) is 11.8. The number of unbranched alkanes of at least 4 members (excludes halogenated alkanes) is 1. The monoisotopic (exact) mass is 320 g/mol. The molecule has 128 valence electrons. The van der Waals surface area contributed by atoms with Gasteiger partial charge in [-0.15, -0.1) is 0 Å². The van der Waals surface area contributed by atoms with E-state index < -0.39 is 0 Å². The van der Waals surface area contributed by atoms with Crippen LogP contribution in [0.3, 0.4) is 0 Å². The molecular formula is C24H32. The molecule has 0 bridgehead atoms. The van der Waals surface area contributed by atoms with Crippen molar-refractivity contribution < 1.29 is 0 Å². The Morgan fingerprint density at radius 1 is 0.917 bits per heavy atom. The van der Waals surface area contributed by atoms with Gasteiger partial charge in [0, 0.05) is 0 Å². The van der Waals surface area contributed by atoms with E-state index in [0.717, 1.165) is 12.8 Å². The van der Waals surface area contributed by atoms with Crippen LogP contribution in [0.1, 0.15) is 63.0 Å². The van der Waals surface area contributed by atoms with Crippen molar-refractivity contribution in [1.29, 1.82) is 0 Å². The molecule has 24 heavy (non-hydrogen) atoms. The highest BCUT2D eigenvalue weighted by atomic mass is 14.2. The zero-order valence-corrected chi connectivity index (χ0v) is 15.3. The first-order valence-corrected chi connectivity index (χ1v) is 9.55. The molecule has 0 heteroatoms. The second-order valence-electron chi connectivity index (χ2n) is 6.90. The minimum absolute atomic E-state index is 0.631. The van der Waals surface area contributed by atoms with Crippen molar-refractivity contribution in [2.45, 2.75) is 58.3 Å². The molecule has 2 atom stereocenters. The van der Waals surface area contributed by atoms with Crippen molar-refractivity contribution in [1.82, 2.24) is 0 Å². The molecule has 0 radical (unpaired) electrons. The predicted octanol–water partition coefficient (Wildman–Crippen LogP) is 7.18. The quantitative estimate of drug-likeness (QED) is 0.407. The van der Waals surface area contributed by atoms with E-state index in [1.54, 1.807) is 0 Å². The van der Waals surface area contributed by atoms with Crippen molar-refractivity contribution in [2.24, 2.45) is 5.92 Å². The average molecular weight is 321 g/mol. The van der Waals surface area contributed by atoms with E-state index in [-0.39, 0.29) is 0 Å². The molecule has 0 aliphatic heterocycles. The lowest BCUT2D eigenvalue weighted by Crippen LogP contribution is -2.03. The molecule has 2 aromatic carbocycles. The van der Waals surface area contributed by atoms with Crippen LogP contribution in [-0.2, 0) is 6.42 Å². The minimum atomic E-state index is 0.631. The van der Waals surface area contributed by atoms with Gasteiger partial charge in [-0.2, -0.15) is 0 Å². The van der Waals surface area contributed by atoms with Crippen molar-refractivity contribution in [3.05, 3.63) is 83.9 Å². The molecule has 0 saturated heterocycles. The third-order valence-electron chi connectivity index (χ3n) is 4.80. The Kier molecular flexibility index (Phi) is 8.38. The summed E-state index contributed by atoms with van der Waals surface area (Å²) in [7, 11) is 0. The number of allylic oxidation sites excluding steroid dienone is 2. The molecule has 0 aliphatic rings. The van der Waals surface area contributed by atoms with Crippen molar-refractivity contribution >= 4 is 0 Å². The Bertz CT molecular complexity index is 568. The van der Waals surface area contributed by atoms with E-state index in [2.05, 4.69) is 86.7 Å². The second kappa shape index (κ2) is 10.9. The van der Waals surface area contributed by atoms with Gasteiger partial charge in [-0.1, -0.05) is 99.5 Å². The minimum Gasteiger partial charge on any atom is -0.0879 e. The van der Waals surface area contributed by atoms with Crippen LogP contribution >= 0.6 is 0 Å².